The van der Waals surface area contributed by atoms with Crippen molar-refractivity contribution in [1.29, 1.82) is 0 Å². The van der Waals surface area contributed by atoms with Gasteiger partial charge in [0.05, 0.1) is 5.92 Å². The van der Waals surface area contributed by atoms with Gasteiger partial charge in [-0.25, -0.2) is 0 Å². The lowest BCUT2D eigenvalue weighted by Gasteiger charge is -2.32. The molecule has 1 aromatic rings. The van der Waals surface area contributed by atoms with Crippen LogP contribution >= 0.6 is 0 Å². The molecule has 2 rings (SSSR count). The van der Waals surface area contributed by atoms with Gasteiger partial charge in [-0.1, -0.05) is 6.07 Å². The Morgan fingerprint density at radius 1 is 1.26 bits per heavy atom. The molecule has 7 heteroatoms. The number of carbonyl (C=O) groups is 1. The molecule has 128 valence electrons. The fourth-order valence-corrected chi connectivity index (χ4v) is 3.85. The molecule has 23 heavy (non-hydrogen) atoms. The van der Waals surface area contributed by atoms with Crippen molar-refractivity contribution in [3.8, 4) is 0 Å². The first-order chi connectivity index (χ1) is 10.7. The summed E-state index contributed by atoms with van der Waals surface area (Å²) in [5.74, 6) is -0.438. The fraction of sp³-hybridized carbons (Fsp3) is 0.562. The lowest BCUT2D eigenvalue weighted by atomic mass is 9.98. The minimum absolute atomic E-state index is 0.119. The zero-order valence-electron chi connectivity index (χ0n) is 14.2. The van der Waals surface area contributed by atoms with Crippen molar-refractivity contribution in [2.75, 3.05) is 32.5 Å². The lowest BCUT2D eigenvalue weighted by Crippen LogP contribution is -2.47. The minimum atomic E-state index is -3.46. The van der Waals surface area contributed by atoms with E-state index in [-0.39, 0.29) is 18.4 Å². The molecule has 1 atom stereocenters. The van der Waals surface area contributed by atoms with Gasteiger partial charge in [0.2, 0.25) is 5.91 Å². The number of rotatable bonds is 4. The Morgan fingerprint density at radius 3 is 2.57 bits per heavy atom. The maximum Gasteiger partial charge on any atom is 0.281 e. The van der Waals surface area contributed by atoms with Crippen molar-refractivity contribution in [2.24, 2.45) is 5.92 Å². The third-order valence-corrected chi connectivity index (χ3v) is 6.22. The van der Waals surface area contributed by atoms with Gasteiger partial charge in [-0.2, -0.15) is 17.0 Å². The molecule has 0 aromatic heterocycles. The van der Waals surface area contributed by atoms with Crippen molar-refractivity contribution < 1.29 is 13.2 Å². The van der Waals surface area contributed by atoms with Crippen molar-refractivity contribution in [2.45, 2.75) is 26.7 Å². The lowest BCUT2D eigenvalue weighted by molar-refractivity contribution is -0.120. The number of nitrogens with one attached hydrogen (secondary N) is 1. The van der Waals surface area contributed by atoms with Gasteiger partial charge in [0.25, 0.3) is 10.2 Å². The number of hydrogen-bond donors (Lipinski definition) is 1. The Labute approximate surface area is 138 Å². The number of hydrogen-bond acceptors (Lipinski definition) is 3. The van der Waals surface area contributed by atoms with Crippen LogP contribution in [0.2, 0.25) is 0 Å². The van der Waals surface area contributed by atoms with E-state index in [9.17, 15) is 13.2 Å². The molecular formula is C16H25N3O3S. The number of benzene rings is 1. The number of nitrogens with zero attached hydrogens (tertiary/aromatic N) is 2. The van der Waals surface area contributed by atoms with Gasteiger partial charge in [0.15, 0.2) is 0 Å². The SMILES string of the molecule is Cc1ccc(NC(=O)C2CCCN(S(=O)(=O)N(C)C)C2)cc1C. The second-order valence-corrected chi connectivity index (χ2v) is 8.42. The first-order valence-electron chi connectivity index (χ1n) is 7.77. The molecular weight excluding hydrogens is 314 g/mol. The fourth-order valence-electron chi connectivity index (χ4n) is 2.66. The van der Waals surface area contributed by atoms with Crippen LogP contribution in [0, 0.1) is 19.8 Å². The minimum Gasteiger partial charge on any atom is -0.326 e. The predicted molar refractivity (Wildman–Crippen MR) is 91.4 cm³/mol. The highest BCUT2D eigenvalue weighted by molar-refractivity contribution is 7.86. The standard InChI is InChI=1S/C16H25N3O3S/c1-12-7-8-15(10-13(12)2)17-16(20)14-6-5-9-19(11-14)23(21,22)18(3)4/h7-8,10,14H,5-6,9,11H2,1-4H3,(H,17,20). The van der Waals surface area contributed by atoms with E-state index in [1.54, 1.807) is 0 Å². The van der Waals surface area contributed by atoms with Crippen LogP contribution < -0.4 is 5.32 Å². The molecule has 1 unspecified atom stereocenters. The zero-order chi connectivity index (χ0) is 17.2. The maximum atomic E-state index is 12.5. The summed E-state index contributed by atoms with van der Waals surface area (Å²) in [6, 6.07) is 5.77. The Morgan fingerprint density at radius 2 is 1.96 bits per heavy atom. The van der Waals surface area contributed by atoms with Crippen LogP contribution in [0.3, 0.4) is 0 Å². The molecule has 1 fully saturated rings. The summed E-state index contributed by atoms with van der Waals surface area (Å²) >= 11 is 0. The normalized spacial score (nSPS) is 19.8. The van der Waals surface area contributed by atoms with E-state index < -0.39 is 10.2 Å². The third-order valence-electron chi connectivity index (χ3n) is 4.32. The van der Waals surface area contributed by atoms with Gasteiger partial charge in [-0.15, -0.1) is 0 Å². The number of carbonyl (C=O) groups excluding carboxylic acids is 1. The Bertz CT molecular complexity index is 686. The van der Waals surface area contributed by atoms with Crippen LogP contribution in [0.15, 0.2) is 18.2 Å². The van der Waals surface area contributed by atoms with E-state index in [0.717, 1.165) is 11.3 Å². The number of amides is 1. The van der Waals surface area contributed by atoms with Crippen LogP contribution in [-0.4, -0.2) is 50.1 Å². The van der Waals surface area contributed by atoms with Gasteiger partial charge in [0, 0.05) is 32.9 Å². The molecule has 1 aromatic carbocycles. The van der Waals surface area contributed by atoms with Gasteiger partial charge < -0.3 is 5.32 Å². The van der Waals surface area contributed by atoms with E-state index >= 15 is 0 Å². The summed E-state index contributed by atoms with van der Waals surface area (Å²) in [6.45, 7) is 4.72. The number of anilines is 1. The average molecular weight is 339 g/mol. The molecule has 1 amide bonds. The highest BCUT2D eigenvalue weighted by Crippen LogP contribution is 2.22. The summed E-state index contributed by atoms with van der Waals surface area (Å²) in [5.41, 5.74) is 3.04. The number of piperidine rings is 1. The molecule has 1 heterocycles. The highest BCUT2D eigenvalue weighted by atomic mass is 32.2. The molecule has 1 aliphatic rings. The van der Waals surface area contributed by atoms with E-state index in [4.69, 9.17) is 0 Å². The Balaban J connectivity index is 2.06. The highest BCUT2D eigenvalue weighted by Gasteiger charge is 2.33. The van der Waals surface area contributed by atoms with Crippen LogP contribution in [-0.2, 0) is 15.0 Å². The topological polar surface area (TPSA) is 69.7 Å². The first-order valence-corrected chi connectivity index (χ1v) is 9.17. The molecule has 1 N–H and O–H groups in total. The monoisotopic (exact) mass is 339 g/mol. The molecule has 0 aliphatic carbocycles. The van der Waals surface area contributed by atoms with E-state index in [0.29, 0.717) is 19.4 Å². The van der Waals surface area contributed by atoms with Crippen LogP contribution in [0.5, 0.6) is 0 Å². The zero-order valence-corrected chi connectivity index (χ0v) is 15.0. The largest absolute Gasteiger partial charge is 0.326 e. The summed E-state index contributed by atoms with van der Waals surface area (Å²) in [5, 5.41) is 2.91. The smallest absolute Gasteiger partial charge is 0.281 e. The second kappa shape index (κ2) is 6.98. The van der Waals surface area contributed by atoms with Crippen molar-refractivity contribution >= 4 is 21.8 Å². The first kappa shape index (κ1) is 17.9. The second-order valence-electron chi connectivity index (χ2n) is 6.28. The van der Waals surface area contributed by atoms with E-state index in [1.807, 2.05) is 32.0 Å². The van der Waals surface area contributed by atoms with Crippen molar-refractivity contribution in [3.63, 3.8) is 0 Å². The molecule has 1 saturated heterocycles. The average Bonchev–Trinajstić information content (AvgIpc) is 2.51. The van der Waals surface area contributed by atoms with Crippen molar-refractivity contribution in [1.82, 2.24) is 8.61 Å². The van der Waals surface area contributed by atoms with Crippen LogP contribution in [0.1, 0.15) is 24.0 Å². The maximum absolute atomic E-state index is 12.5. The van der Waals surface area contributed by atoms with Crippen molar-refractivity contribution in [3.05, 3.63) is 29.3 Å². The Kier molecular flexibility index (Phi) is 5.44. The molecule has 0 spiro atoms. The van der Waals surface area contributed by atoms with Gasteiger partial charge in [0.1, 0.15) is 0 Å². The van der Waals surface area contributed by atoms with Gasteiger partial charge in [-0.3, -0.25) is 4.79 Å². The third kappa shape index (κ3) is 4.10. The summed E-state index contributed by atoms with van der Waals surface area (Å²) in [6.07, 6.45) is 1.40. The molecule has 0 saturated carbocycles. The summed E-state index contributed by atoms with van der Waals surface area (Å²) in [7, 11) is -0.449. The molecule has 1 aliphatic heterocycles. The predicted octanol–water partition coefficient (Wildman–Crippen LogP) is 1.76. The quantitative estimate of drug-likeness (QED) is 0.909. The van der Waals surface area contributed by atoms with E-state index in [1.165, 1.54) is 28.3 Å². The number of aryl methyl sites for hydroxylation is 2. The van der Waals surface area contributed by atoms with Gasteiger partial charge >= 0.3 is 0 Å². The molecule has 0 bridgehead atoms. The Hall–Kier alpha value is -1.44. The summed E-state index contributed by atoms with van der Waals surface area (Å²) < 4.78 is 27.0. The van der Waals surface area contributed by atoms with E-state index in [2.05, 4.69) is 5.32 Å². The molecule has 0 radical (unpaired) electrons. The van der Waals surface area contributed by atoms with Gasteiger partial charge in [-0.05, 0) is 49.9 Å². The molecule has 6 nitrogen and oxygen atoms in total. The van der Waals surface area contributed by atoms with Crippen LogP contribution in [0.4, 0.5) is 5.69 Å². The summed E-state index contributed by atoms with van der Waals surface area (Å²) in [4.78, 5) is 12.5. The van der Waals surface area contributed by atoms with Crippen LogP contribution in [0.25, 0.3) is 0 Å².